The lowest BCUT2D eigenvalue weighted by Gasteiger charge is -2.27. The largest absolute Gasteiger partial charge is 0.480 e. The molecule has 0 atom stereocenters. The van der Waals surface area contributed by atoms with Gasteiger partial charge in [0, 0.05) is 30.6 Å². The lowest BCUT2D eigenvalue weighted by molar-refractivity contribution is -0.134. The van der Waals surface area contributed by atoms with Crippen LogP contribution in [-0.2, 0) is 16.0 Å². The van der Waals surface area contributed by atoms with Crippen molar-refractivity contribution in [2.45, 2.75) is 12.8 Å². The topological polar surface area (TPSA) is 118 Å². The predicted molar refractivity (Wildman–Crippen MR) is 97.1 cm³/mol. The number of aliphatic carboxylic acids is 1. The molecule has 1 saturated heterocycles. The van der Waals surface area contributed by atoms with Gasteiger partial charge in [0.05, 0.1) is 13.2 Å². The molecule has 1 aromatic carbocycles. The van der Waals surface area contributed by atoms with Gasteiger partial charge in [-0.3, -0.25) is 9.59 Å². The number of anilines is 2. The summed E-state index contributed by atoms with van der Waals surface area (Å²) in [4.78, 5) is 38.3. The third-order valence-corrected chi connectivity index (χ3v) is 4.63. The van der Waals surface area contributed by atoms with E-state index >= 15 is 0 Å². The van der Waals surface area contributed by atoms with Crippen LogP contribution in [0.3, 0.4) is 0 Å². The zero-order valence-corrected chi connectivity index (χ0v) is 14.6. The van der Waals surface area contributed by atoms with Gasteiger partial charge >= 0.3 is 5.97 Å². The van der Waals surface area contributed by atoms with Gasteiger partial charge in [-0.2, -0.15) is 15.0 Å². The molecule has 0 radical (unpaired) electrons. The van der Waals surface area contributed by atoms with Crippen LogP contribution < -0.4 is 10.2 Å². The van der Waals surface area contributed by atoms with Crippen molar-refractivity contribution in [1.82, 2.24) is 15.0 Å². The molecule has 1 aliphatic heterocycles. The number of benzene rings is 1. The smallest absolute Gasteiger partial charge is 0.322 e. The molecule has 4 rings (SSSR count). The first-order valence-electron chi connectivity index (χ1n) is 8.82. The van der Waals surface area contributed by atoms with Gasteiger partial charge in [-0.05, 0) is 12.0 Å². The number of carbonyl (C=O) groups excluding carboxylic acids is 1. The number of carbonyl (C=O) groups is 2. The average Bonchev–Trinajstić information content (AvgIpc) is 3.08. The molecule has 1 aliphatic carbocycles. The summed E-state index contributed by atoms with van der Waals surface area (Å²) in [5, 5.41) is 11.7. The van der Waals surface area contributed by atoms with Gasteiger partial charge in [0.15, 0.2) is 11.6 Å². The molecule has 2 heterocycles. The van der Waals surface area contributed by atoms with Gasteiger partial charge in [-0.1, -0.05) is 18.2 Å². The Morgan fingerprint density at radius 1 is 1.15 bits per heavy atom. The van der Waals surface area contributed by atoms with E-state index in [0.717, 1.165) is 11.1 Å². The summed E-state index contributed by atoms with van der Waals surface area (Å²) in [6.07, 6.45) is 1.14. The average molecular weight is 369 g/mol. The molecule has 1 fully saturated rings. The van der Waals surface area contributed by atoms with E-state index in [1.165, 1.54) is 0 Å². The second-order valence-electron chi connectivity index (χ2n) is 6.38. The Morgan fingerprint density at radius 2 is 1.93 bits per heavy atom. The van der Waals surface area contributed by atoms with Crippen LogP contribution in [0.4, 0.5) is 11.9 Å². The highest BCUT2D eigenvalue weighted by Crippen LogP contribution is 2.31. The summed E-state index contributed by atoms with van der Waals surface area (Å²) < 4.78 is 5.37. The normalized spacial score (nSPS) is 16.3. The van der Waals surface area contributed by atoms with Gasteiger partial charge in [-0.15, -0.1) is 0 Å². The van der Waals surface area contributed by atoms with E-state index in [-0.39, 0.29) is 18.3 Å². The third-order valence-electron chi connectivity index (χ3n) is 4.63. The molecule has 9 heteroatoms. The van der Waals surface area contributed by atoms with Crippen molar-refractivity contribution < 1.29 is 19.4 Å². The molecule has 0 bridgehead atoms. The van der Waals surface area contributed by atoms with Gasteiger partial charge < -0.3 is 20.1 Å². The minimum absolute atomic E-state index is 0.124. The van der Waals surface area contributed by atoms with Crippen LogP contribution in [0.5, 0.6) is 0 Å². The summed E-state index contributed by atoms with van der Waals surface area (Å²) in [5.74, 6) is 0.226. The van der Waals surface area contributed by atoms with E-state index in [1.54, 1.807) is 0 Å². The number of ether oxygens (including phenoxy) is 1. The Bertz CT molecular complexity index is 895. The van der Waals surface area contributed by atoms with Gasteiger partial charge in [0.25, 0.3) is 0 Å². The molecule has 9 nitrogen and oxygen atoms in total. The lowest BCUT2D eigenvalue weighted by atomic mass is 10.0. The Hall–Kier alpha value is -3.07. The van der Waals surface area contributed by atoms with Crippen molar-refractivity contribution in [3.63, 3.8) is 0 Å². The Kier molecular flexibility index (Phi) is 4.68. The van der Waals surface area contributed by atoms with Crippen molar-refractivity contribution in [2.24, 2.45) is 0 Å². The Morgan fingerprint density at radius 3 is 2.70 bits per heavy atom. The quantitative estimate of drug-likeness (QED) is 0.796. The maximum Gasteiger partial charge on any atom is 0.322 e. The molecule has 140 valence electrons. The van der Waals surface area contributed by atoms with E-state index in [9.17, 15) is 9.59 Å². The second-order valence-corrected chi connectivity index (χ2v) is 6.38. The Labute approximate surface area is 155 Å². The molecule has 0 saturated carbocycles. The number of ketones is 1. The van der Waals surface area contributed by atoms with Crippen molar-refractivity contribution in [3.05, 3.63) is 29.3 Å². The van der Waals surface area contributed by atoms with Crippen LogP contribution in [0, 0.1) is 0 Å². The van der Waals surface area contributed by atoms with Crippen molar-refractivity contribution in [1.29, 1.82) is 0 Å². The highest BCUT2D eigenvalue weighted by atomic mass is 16.5. The summed E-state index contributed by atoms with van der Waals surface area (Å²) in [7, 11) is 0. The highest BCUT2D eigenvalue weighted by Gasteiger charge is 2.25. The second kappa shape index (κ2) is 7.28. The molecule has 2 aliphatic rings. The SMILES string of the molecule is O=C(O)CNc1nc(-c2cccc3c2CCC3=O)nc(N2CCOCC2)n1. The maximum atomic E-state index is 12.1. The van der Waals surface area contributed by atoms with Gasteiger partial charge in [0.1, 0.15) is 6.54 Å². The molecule has 2 N–H and O–H groups in total. The van der Waals surface area contributed by atoms with Crippen molar-refractivity contribution >= 4 is 23.6 Å². The number of morpholine rings is 1. The molecule has 27 heavy (non-hydrogen) atoms. The number of Topliss-reactive ketones (excluding diaryl/α,β-unsaturated/α-hetero) is 1. The number of hydrogen-bond donors (Lipinski definition) is 2. The summed E-state index contributed by atoms with van der Waals surface area (Å²) >= 11 is 0. The number of carboxylic acids is 1. The molecular formula is C18H19N5O4. The van der Waals surface area contributed by atoms with Crippen LogP contribution in [0.15, 0.2) is 18.2 Å². The van der Waals surface area contributed by atoms with Gasteiger partial charge in [0.2, 0.25) is 11.9 Å². The van der Waals surface area contributed by atoms with Crippen LogP contribution in [0.2, 0.25) is 0 Å². The number of hydrogen-bond acceptors (Lipinski definition) is 8. The fourth-order valence-corrected chi connectivity index (χ4v) is 3.32. The monoisotopic (exact) mass is 369 g/mol. The van der Waals surface area contributed by atoms with E-state index in [0.29, 0.717) is 56.5 Å². The van der Waals surface area contributed by atoms with Crippen LogP contribution in [0.25, 0.3) is 11.4 Å². The molecule has 2 aromatic rings. The summed E-state index contributed by atoms with van der Waals surface area (Å²) in [6, 6.07) is 5.53. The van der Waals surface area contributed by atoms with Crippen molar-refractivity contribution in [2.75, 3.05) is 43.1 Å². The number of nitrogens with zero attached hydrogens (tertiary/aromatic N) is 4. The first kappa shape index (κ1) is 17.3. The molecule has 0 unspecified atom stereocenters. The number of carboxylic acid groups (broad SMARTS) is 1. The number of fused-ring (bicyclic) bond motifs is 1. The van der Waals surface area contributed by atoms with Crippen LogP contribution >= 0.6 is 0 Å². The zero-order chi connectivity index (χ0) is 18.8. The van der Waals surface area contributed by atoms with E-state index in [2.05, 4.69) is 20.3 Å². The lowest BCUT2D eigenvalue weighted by Crippen LogP contribution is -2.37. The highest BCUT2D eigenvalue weighted by molar-refractivity contribution is 6.02. The molecule has 0 amide bonds. The molecular weight excluding hydrogens is 350 g/mol. The number of rotatable bonds is 5. The minimum Gasteiger partial charge on any atom is -0.480 e. The van der Waals surface area contributed by atoms with Crippen LogP contribution in [0.1, 0.15) is 22.3 Å². The maximum absolute atomic E-state index is 12.1. The third kappa shape index (κ3) is 3.59. The van der Waals surface area contributed by atoms with E-state index in [4.69, 9.17) is 9.84 Å². The summed E-state index contributed by atoms with van der Waals surface area (Å²) in [6.45, 7) is 2.15. The Balaban J connectivity index is 1.76. The standard InChI is InChI=1S/C18H19N5O4/c24-14-5-4-11-12(14)2-1-3-13(11)16-20-17(19-10-15(25)26)22-18(21-16)23-6-8-27-9-7-23/h1-3H,4-10H2,(H,25,26)(H,19,20,21,22). The van der Waals surface area contributed by atoms with Gasteiger partial charge in [-0.25, -0.2) is 0 Å². The fourth-order valence-electron chi connectivity index (χ4n) is 3.32. The zero-order valence-electron chi connectivity index (χ0n) is 14.6. The minimum atomic E-state index is -1.00. The van der Waals surface area contributed by atoms with E-state index < -0.39 is 5.97 Å². The predicted octanol–water partition coefficient (Wildman–Crippen LogP) is 1.00. The molecule has 0 spiro atoms. The van der Waals surface area contributed by atoms with E-state index in [1.807, 2.05) is 23.1 Å². The summed E-state index contributed by atoms with van der Waals surface area (Å²) in [5.41, 5.74) is 2.43. The first-order chi connectivity index (χ1) is 13.1. The molecule has 1 aromatic heterocycles. The van der Waals surface area contributed by atoms with Crippen molar-refractivity contribution in [3.8, 4) is 11.4 Å². The van der Waals surface area contributed by atoms with Crippen LogP contribution in [-0.4, -0.2) is 64.7 Å². The number of aromatic nitrogens is 3. The fraction of sp³-hybridized carbons (Fsp3) is 0.389. The number of nitrogens with one attached hydrogen (secondary N) is 1. The first-order valence-corrected chi connectivity index (χ1v) is 8.82.